The van der Waals surface area contributed by atoms with Gasteiger partial charge in [0.05, 0.1) is 6.61 Å². The molecule has 1 aliphatic carbocycles. The summed E-state index contributed by atoms with van der Waals surface area (Å²) in [5.74, 6) is 0.791. The Kier molecular flexibility index (Phi) is 5.02. The van der Waals surface area contributed by atoms with Gasteiger partial charge < -0.3 is 0 Å². The first kappa shape index (κ1) is 12.6. The van der Waals surface area contributed by atoms with Crippen LogP contribution in [-0.2, 0) is 11.4 Å². The number of nitrogens with one attached hydrogen (secondary N) is 1. The van der Waals surface area contributed by atoms with Crippen molar-refractivity contribution >= 4 is 0 Å². The van der Waals surface area contributed by atoms with E-state index in [1.165, 1.54) is 37.7 Å². The van der Waals surface area contributed by atoms with Gasteiger partial charge in [0.15, 0.2) is 0 Å². The first-order valence-electron chi connectivity index (χ1n) is 6.81. The van der Waals surface area contributed by atoms with Crippen molar-refractivity contribution in [2.24, 2.45) is 5.92 Å². The fraction of sp³-hybridized carbons (Fsp3) is 0.600. The van der Waals surface area contributed by atoms with Gasteiger partial charge in [-0.3, -0.25) is 4.84 Å². The molecular weight excluding hydrogens is 210 g/mol. The molecule has 1 aliphatic rings. The maximum Gasteiger partial charge on any atom is 0.0933 e. The number of hydrogen-bond donors (Lipinski definition) is 1. The van der Waals surface area contributed by atoms with Crippen LogP contribution in [-0.4, -0.2) is 6.04 Å². The summed E-state index contributed by atoms with van der Waals surface area (Å²) in [5.41, 5.74) is 4.50. The Morgan fingerprint density at radius 1 is 1.18 bits per heavy atom. The molecular formula is C15H23NO. The predicted molar refractivity (Wildman–Crippen MR) is 70.4 cm³/mol. The monoisotopic (exact) mass is 233 g/mol. The molecule has 2 nitrogen and oxygen atoms in total. The number of hydroxylamine groups is 1. The SMILES string of the molecule is CCC1CCCCC1NOCc1ccccc1. The van der Waals surface area contributed by atoms with Crippen LogP contribution in [0.2, 0.25) is 0 Å². The Balaban J connectivity index is 1.74. The van der Waals surface area contributed by atoms with Gasteiger partial charge in [-0.1, -0.05) is 56.5 Å². The van der Waals surface area contributed by atoms with E-state index in [2.05, 4.69) is 24.5 Å². The first-order valence-corrected chi connectivity index (χ1v) is 6.81. The van der Waals surface area contributed by atoms with Crippen molar-refractivity contribution in [2.45, 2.75) is 51.7 Å². The highest BCUT2D eigenvalue weighted by Gasteiger charge is 2.23. The molecule has 0 aromatic heterocycles. The maximum absolute atomic E-state index is 5.64. The molecule has 0 heterocycles. The van der Waals surface area contributed by atoms with Crippen molar-refractivity contribution in [3.63, 3.8) is 0 Å². The molecule has 0 amide bonds. The molecule has 0 saturated heterocycles. The van der Waals surface area contributed by atoms with Crippen LogP contribution < -0.4 is 5.48 Å². The molecule has 1 aromatic rings. The van der Waals surface area contributed by atoms with E-state index < -0.39 is 0 Å². The number of benzene rings is 1. The van der Waals surface area contributed by atoms with Gasteiger partial charge in [-0.05, 0) is 24.3 Å². The van der Waals surface area contributed by atoms with Crippen molar-refractivity contribution < 1.29 is 4.84 Å². The predicted octanol–water partition coefficient (Wildman–Crippen LogP) is 3.68. The van der Waals surface area contributed by atoms with E-state index in [1.807, 2.05) is 18.2 Å². The van der Waals surface area contributed by atoms with Crippen LogP contribution in [0.4, 0.5) is 0 Å². The zero-order chi connectivity index (χ0) is 11.9. The van der Waals surface area contributed by atoms with E-state index in [-0.39, 0.29) is 0 Å². The lowest BCUT2D eigenvalue weighted by molar-refractivity contribution is -0.0204. The van der Waals surface area contributed by atoms with Gasteiger partial charge >= 0.3 is 0 Å². The van der Waals surface area contributed by atoms with Crippen molar-refractivity contribution in [3.05, 3.63) is 35.9 Å². The van der Waals surface area contributed by atoms with Crippen molar-refractivity contribution in [3.8, 4) is 0 Å². The zero-order valence-corrected chi connectivity index (χ0v) is 10.7. The second-order valence-corrected chi connectivity index (χ2v) is 4.95. The van der Waals surface area contributed by atoms with Crippen LogP contribution in [0.25, 0.3) is 0 Å². The van der Waals surface area contributed by atoms with E-state index in [0.717, 1.165) is 5.92 Å². The van der Waals surface area contributed by atoms with Crippen molar-refractivity contribution in [1.29, 1.82) is 0 Å². The first-order chi connectivity index (χ1) is 8.40. The van der Waals surface area contributed by atoms with E-state index in [9.17, 15) is 0 Å². The van der Waals surface area contributed by atoms with Crippen LogP contribution in [0.15, 0.2) is 30.3 Å². The standard InChI is InChI=1S/C15H23NO/c1-2-14-10-6-7-11-15(14)16-17-12-13-8-4-3-5-9-13/h3-5,8-9,14-16H,2,6-7,10-12H2,1H3. The third-order valence-electron chi connectivity index (χ3n) is 3.75. The minimum atomic E-state index is 0.553. The van der Waals surface area contributed by atoms with Crippen LogP contribution in [0, 0.1) is 5.92 Å². The minimum absolute atomic E-state index is 0.553. The molecule has 1 aromatic carbocycles. The van der Waals surface area contributed by atoms with Crippen LogP contribution >= 0.6 is 0 Å². The lowest BCUT2D eigenvalue weighted by atomic mass is 9.83. The highest BCUT2D eigenvalue weighted by Crippen LogP contribution is 2.26. The quantitative estimate of drug-likeness (QED) is 0.783. The van der Waals surface area contributed by atoms with Crippen LogP contribution in [0.3, 0.4) is 0 Å². The largest absolute Gasteiger partial charge is 0.297 e. The van der Waals surface area contributed by atoms with E-state index in [1.54, 1.807) is 0 Å². The average molecular weight is 233 g/mol. The summed E-state index contributed by atoms with van der Waals surface area (Å²) in [6.45, 7) is 2.94. The van der Waals surface area contributed by atoms with Crippen LogP contribution in [0.5, 0.6) is 0 Å². The van der Waals surface area contributed by atoms with Crippen LogP contribution in [0.1, 0.15) is 44.6 Å². The molecule has 1 fully saturated rings. The highest BCUT2D eigenvalue weighted by atomic mass is 16.6. The fourth-order valence-electron chi connectivity index (χ4n) is 2.66. The third kappa shape index (κ3) is 3.83. The van der Waals surface area contributed by atoms with E-state index in [0.29, 0.717) is 12.6 Å². The minimum Gasteiger partial charge on any atom is -0.297 e. The summed E-state index contributed by atoms with van der Waals surface area (Å²) >= 11 is 0. The Morgan fingerprint density at radius 3 is 2.71 bits per heavy atom. The van der Waals surface area contributed by atoms with Crippen molar-refractivity contribution in [1.82, 2.24) is 5.48 Å². The van der Waals surface area contributed by atoms with Crippen molar-refractivity contribution in [2.75, 3.05) is 0 Å². The molecule has 94 valence electrons. The van der Waals surface area contributed by atoms with Gasteiger partial charge in [-0.15, -0.1) is 0 Å². The van der Waals surface area contributed by atoms with E-state index in [4.69, 9.17) is 4.84 Å². The summed E-state index contributed by atoms with van der Waals surface area (Å²) < 4.78 is 0. The molecule has 2 unspecified atom stereocenters. The Labute approximate surface area is 104 Å². The normalized spacial score (nSPS) is 24.8. The number of rotatable bonds is 5. The highest BCUT2D eigenvalue weighted by molar-refractivity contribution is 5.13. The smallest absolute Gasteiger partial charge is 0.0933 e. The van der Waals surface area contributed by atoms with Gasteiger partial charge in [0.1, 0.15) is 0 Å². The van der Waals surface area contributed by atoms with E-state index >= 15 is 0 Å². The second-order valence-electron chi connectivity index (χ2n) is 4.95. The Hall–Kier alpha value is -0.860. The summed E-state index contributed by atoms with van der Waals surface area (Å²) in [6, 6.07) is 10.9. The molecule has 1 saturated carbocycles. The topological polar surface area (TPSA) is 21.3 Å². The molecule has 2 atom stereocenters. The Bertz CT molecular complexity index is 312. The van der Waals surface area contributed by atoms with Gasteiger partial charge in [-0.25, -0.2) is 0 Å². The van der Waals surface area contributed by atoms with Gasteiger partial charge in [0.2, 0.25) is 0 Å². The summed E-state index contributed by atoms with van der Waals surface area (Å²) in [5, 5.41) is 0. The molecule has 0 aliphatic heterocycles. The summed E-state index contributed by atoms with van der Waals surface area (Å²) in [6.07, 6.45) is 6.58. The lowest BCUT2D eigenvalue weighted by Crippen LogP contribution is -2.38. The molecule has 1 N–H and O–H groups in total. The molecule has 17 heavy (non-hydrogen) atoms. The molecule has 0 radical (unpaired) electrons. The number of hydrogen-bond acceptors (Lipinski definition) is 2. The zero-order valence-electron chi connectivity index (χ0n) is 10.7. The third-order valence-corrected chi connectivity index (χ3v) is 3.75. The second kappa shape index (κ2) is 6.77. The summed E-state index contributed by atoms with van der Waals surface area (Å²) in [4.78, 5) is 5.64. The summed E-state index contributed by atoms with van der Waals surface area (Å²) in [7, 11) is 0. The molecule has 0 bridgehead atoms. The van der Waals surface area contributed by atoms with Gasteiger partial charge in [0, 0.05) is 6.04 Å². The van der Waals surface area contributed by atoms with Gasteiger partial charge in [-0.2, -0.15) is 5.48 Å². The fourth-order valence-corrected chi connectivity index (χ4v) is 2.66. The maximum atomic E-state index is 5.64. The van der Waals surface area contributed by atoms with Gasteiger partial charge in [0.25, 0.3) is 0 Å². The molecule has 2 heteroatoms. The molecule has 2 rings (SSSR count). The Morgan fingerprint density at radius 2 is 1.94 bits per heavy atom. The lowest BCUT2D eigenvalue weighted by Gasteiger charge is -2.31. The average Bonchev–Trinajstić information content (AvgIpc) is 2.40. The molecule has 0 spiro atoms.